The highest BCUT2D eigenvalue weighted by molar-refractivity contribution is 5.99. The SMILES string of the molecule is CC1CCc2[nH]c3ccc(C(=O)N/N=C\c4cccc(O)c4)cc3c2C1. The summed E-state index contributed by atoms with van der Waals surface area (Å²) in [5.74, 6) is 0.588. The molecule has 1 heterocycles. The number of amides is 1. The van der Waals surface area contributed by atoms with Crippen molar-refractivity contribution in [1.29, 1.82) is 0 Å². The van der Waals surface area contributed by atoms with Crippen LogP contribution in [0.15, 0.2) is 47.6 Å². The molecule has 1 amide bonds. The number of nitrogens with one attached hydrogen (secondary N) is 2. The Balaban J connectivity index is 1.54. The van der Waals surface area contributed by atoms with Crippen molar-refractivity contribution >= 4 is 23.0 Å². The summed E-state index contributed by atoms with van der Waals surface area (Å²) >= 11 is 0. The molecule has 1 aliphatic carbocycles. The van der Waals surface area contributed by atoms with Gasteiger partial charge in [0.05, 0.1) is 6.21 Å². The lowest BCUT2D eigenvalue weighted by Gasteiger charge is -2.18. The number of aromatic nitrogens is 1. The Morgan fingerprint density at radius 2 is 2.19 bits per heavy atom. The number of H-pyrrole nitrogens is 1. The van der Waals surface area contributed by atoms with E-state index in [2.05, 4.69) is 22.4 Å². The van der Waals surface area contributed by atoms with E-state index < -0.39 is 0 Å². The van der Waals surface area contributed by atoms with Crippen molar-refractivity contribution < 1.29 is 9.90 Å². The molecule has 4 rings (SSSR count). The number of aryl methyl sites for hydroxylation is 1. The van der Waals surface area contributed by atoms with E-state index in [4.69, 9.17) is 0 Å². The van der Waals surface area contributed by atoms with Gasteiger partial charge in [0, 0.05) is 22.2 Å². The van der Waals surface area contributed by atoms with Gasteiger partial charge in [0.25, 0.3) is 5.91 Å². The van der Waals surface area contributed by atoms with Crippen LogP contribution in [0.25, 0.3) is 10.9 Å². The van der Waals surface area contributed by atoms with Crippen LogP contribution < -0.4 is 5.43 Å². The molecule has 0 bridgehead atoms. The molecule has 0 aliphatic heterocycles. The maximum Gasteiger partial charge on any atom is 0.271 e. The molecule has 132 valence electrons. The largest absolute Gasteiger partial charge is 0.508 e. The Kier molecular flexibility index (Phi) is 4.21. The molecule has 1 aromatic heterocycles. The Morgan fingerprint density at radius 3 is 3.04 bits per heavy atom. The third-order valence-electron chi connectivity index (χ3n) is 4.95. The number of carbonyl (C=O) groups is 1. The number of rotatable bonds is 3. The van der Waals surface area contributed by atoms with Crippen LogP contribution in [0.2, 0.25) is 0 Å². The van der Waals surface area contributed by atoms with E-state index in [-0.39, 0.29) is 11.7 Å². The summed E-state index contributed by atoms with van der Waals surface area (Å²) < 4.78 is 0. The molecule has 2 aromatic carbocycles. The molecule has 0 fully saturated rings. The van der Waals surface area contributed by atoms with Crippen molar-refractivity contribution in [1.82, 2.24) is 10.4 Å². The van der Waals surface area contributed by atoms with E-state index >= 15 is 0 Å². The van der Waals surface area contributed by atoms with Gasteiger partial charge >= 0.3 is 0 Å². The van der Waals surface area contributed by atoms with Gasteiger partial charge in [0.15, 0.2) is 0 Å². The molecule has 0 saturated heterocycles. The summed E-state index contributed by atoms with van der Waals surface area (Å²) in [5, 5.41) is 14.6. The summed E-state index contributed by atoms with van der Waals surface area (Å²) in [5.41, 5.74) is 7.59. The molecule has 1 unspecified atom stereocenters. The minimum absolute atomic E-state index is 0.164. The average Bonchev–Trinajstić information content (AvgIpc) is 2.99. The molecule has 1 atom stereocenters. The zero-order chi connectivity index (χ0) is 18.1. The van der Waals surface area contributed by atoms with Crippen molar-refractivity contribution in [2.45, 2.75) is 26.2 Å². The fourth-order valence-electron chi connectivity index (χ4n) is 3.57. The van der Waals surface area contributed by atoms with Crippen molar-refractivity contribution in [2.24, 2.45) is 11.0 Å². The molecular formula is C21H21N3O2. The molecule has 0 radical (unpaired) electrons. The van der Waals surface area contributed by atoms with Crippen molar-refractivity contribution in [2.75, 3.05) is 0 Å². The average molecular weight is 347 g/mol. The second kappa shape index (κ2) is 6.67. The van der Waals surface area contributed by atoms with E-state index in [1.807, 2.05) is 18.2 Å². The normalized spacial score (nSPS) is 16.7. The molecule has 0 spiro atoms. The molecule has 3 N–H and O–H groups in total. The zero-order valence-electron chi connectivity index (χ0n) is 14.6. The van der Waals surface area contributed by atoms with Gasteiger partial charge in [-0.1, -0.05) is 19.1 Å². The number of hydrogen-bond acceptors (Lipinski definition) is 3. The van der Waals surface area contributed by atoms with Crippen LogP contribution >= 0.6 is 0 Å². The van der Waals surface area contributed by atoms with Gasteiger partial charge in [0.2, 0.25) is 0 Å². The standard InChI is InChI=1S/C21H21N3O2/c1-13-5-7-19-17(9-13)18-11-15(6-8-20(18)23-19)21(26)24-22-12-14-3-2-4-16(25)10-14/h2-4,6,8,10-13,23,25H,5,7,9H2,1H3,(H,24,26)/b22-12-. The van der Waals surface area contributed by atoms with Crippen LogP contribution in [-0.2, 0) is 12.8 Å². The van der Waals surface area contributed by atoms with Gasteiger partial charge in [-0.3, -0.25) is 4.79 Å². The lowest BCUT2D eigenvalue weighted by Crippen LogP contribution is -2.17. The van der Waals surface area contributed by atoms with Gasteiger partial charge in [0.1, 0.15) is 5.75 Å². The summed E-state index contributed by atoms with van der Waals surface area (Å²) in [7, 11) is 0. The number of fused-ring (bicyclic) bond motifs is 3. The maximum atomic E-state index is 12.4. The van der Waals surface area contributed by atoms with Crippen LogP contribution in [0.4, 0.5) is 0 Å². The van der Waals surface area contributed by atoms with E-state index in [9.17, 15) is 9.90 Å². The predicted octanol–water partition coefficient (Wildman–Crippen LogP) is 3.76. The number of hydrazone groups is 1. The maximum absolute atomic E-state index is 12.4. The van der Waals surface area contributed by atoms with Gasteiger partial charge < -0.3 is 10.1 Å². The number of aromatic amines is 1. The molecule has 0 saturated carbocycles. The first-order chi connectivity index (χ1) is 12.6. The Labute approximate surface area is 151 Å². The monoisotopic (exact) mass is 347 g/mol. The van der Waals surface area contributed by atoms with Crippen molar-refractivity contribution in [3.8, 4) is 5.75 Å². The summed E-state index contributed by atoms with van der Waals surface area (Å²) in [6.45, 7) is 2.27. The zero-order valence-corrected chi connectivity index (χ0v) is 14.6. The van der Waals surface area contributed by atoms with Gasteiger partial charge in [-0.15, -0.1) is 0 Å². The van der Waals surface area contributed by atoms with E-state index in [0.29, 0.717) is 11.5 Å². The summed E-state index contributed by atoms with van der Waals surface area (Å²) in [6, 6.07) is 12.4. The number of phenolic OH excluding ortho intramolecular Hbond substituents is 1. The van der Waals surface area contributed by atoms with Crippen LogP contribution in [0.1, 0.15) is 40.5 Å². The third-order valence-corrected chi connectivity index (χ3v) is 4.95. The predicted molar refractivity (Wildman–Crippen MR) is 103 cm³/mol. The van der Waals surface area contributed by atoms with Crippen LogP contribution in [0.3, 0.4) is 0 Å². The lowest BCUT2D eigenvalue weighted by molar-refractivity contribution is 0.0955. The smallest absolute Gasteiger partial charge is 0.271 e. The van der Waals surface area contributed by atoms with E-state index in [1.165, 1.54) is 23.9 Å². The number of carbonyl (C=O) groups excluding carboxylic acids is 1. The fourth-order valence-corrected chi connectivity index (χ4v) is 3.57. The molecule has 3 aromatic rings. The van der Waals surface area contributed by atoms with Gasteiger partial charge in [-0.25, -0.2) is 5.43 Å². The Hall–Kier alpha value is -3.08. The quantitative estimate of drug-likeness (QED) is 0.498. The van der Waals surface area contributed by atoms with Crippen LogP contribution in [0.5, 0.6) is 5.75 Å². The number of benzene rings is 2. The molecule has 1 aliphatic rings. The summed E-state index contributed by atoms with van der Waals surface area (Å²) in [4.78, 5) is 15.9. The van der Waals surface area contributed by atoms with Gasteiger partial charge in [-0.05, 0) is 66.6 Å². The molecule has 5 nitrogen and oxygen atoms in total. The molecular weight excluding hydrogens is 326 g/mol. The van der Waals surface area contributed by atoms with Gasteiger partial charge in [-0.2, -0.15) is 5.10 Å². The Morgan fingerprint density at radius 1 is 1.31 bits per heavy atom. The van der Waals surface area contributed by atoms with Crippen LogP contribution in [-0.4, -0.2) is 22.2 Å². The Bertz CT molecular complexity index is 1000. The number of nitrogens with zero attached hydrogens (tertiary/aromatic N) is 1. The number of hydrogen-bond donors (Lipinski definition) is 3. The highest BCUT2D eigenvalue weighted by atomic mass is 16.3. The minimum atomic E-state index is -0.248. The van der Waals surface area contributed by atoms with E-state index in [1.54, 1.807) is 24.3 Å². The third kappa shape index (κ3) is 3.20. The first-order valence-electron chi connectivity index (χ1n) is 8.86. The minimum Gasteiger partial charge on any atom is -0.508 e. The van der Waals surface area contributed by atoms with E-state index in [0.717, 1.165) is 29.3 Å². The molecule has 26 heavy (non-hydrogen) atoms. The highest BCUT2D eigenvalue weighted by Crippen LogP contribution is 2.32. The van der Waals surface area contributed by atoms with Crippen LogP contribution in [0, 0.1) is 5.92 Å². The molecule has 5 heteroatoms. The fraction of sp³-hybridized carbons (Fsp3) is 0.238. The highest BCUT2D eigenvalue weighted by Gasteiger charge is 2.20. The second-order valence-electron chi connectivity index (χ2n) is 6.98. The van der Waals surface area contributed by atoms with Crippen molar-refractivity contribution in [3.05, 3.63) is 64.8 Å². The second-order valence-corrected chi connectivity index (χ2v) is 6.98. The topological polar surface area (TPSA) is 77.5 Å². The lowest BCUT2D eigenvalue weighted by atomic mass is 9.87. The first-order valence-corrected chi connectivity index (χ1v) is 8.86. The first kappa shape index (κ1) is 16.4. The number of aromatic hydroxyl groups is 1. The van der Waals surface area contributed by atoms with Crippen molar-refractivity contribution in [3.63, 3.8) is 0 Å². The number of phenols is 1. The summed E-state index contributed by atoms with van der Waals surface area (Å²) in [6.07, 6.45) is 4.84.